The van der Waals surface area contributed by atoms with Crippen molar-refractivity contribution in [3.8, 4) is 0 Å². The van der Waals surface area contributed by atoms with Gasteiger partial charge < -0.3 is 20.4 Å². The van der Waals surface area contributed by atoms with Crippen LogP contribution in [0.3, 0.4) is 0 Å². The molecule has 4 atom stereocenters. The fourth-order valence-corrected chi connectivity index (χ4v) is 4.93. The van der Waals surface area contributed by atoms with E-state index in [9.17, 15) is 19.2 Å². The van der Waals surface area contributed by atoms with Crippen molar-refractivity contribution in [2.75, 3.05) is 13.1 Å². The summed E-state index contributed by atoms with van der Waals surface area (Å²) >= 11 is 0. The van der Waals surface area contributed by atoms with E-state index in [2.05, 4.69) is 10.6 Å². The predicted molar refractivity (Wildman–Crippen MR) is 112 cm³/mol. The molecular formula is C22H36N4O4. The van der Waals surface area contributed by atoms with Crippen molar-refractivity contribution >= 4 is 23.6 Å². The van der Waals surface area contributed by atoms with Crippen LogP contribution < -0.4 is 10.6 Å². The van der Waals surface area contributed by atoms with Crippen molar-refractivity contribution in [1.29, 1.82) is 0 Å². The van der Waals surface area contributed by atoms with Crippen LogP contribution in [0.1, 0.15) is 66.2 Å². The molecule has 3 aliphatic rings. The number of fused-ring (bicyclic) bond motifs is 2. The van der Waals surface area contributed by atoms with E-state index in [0.717, 1.165) is 12.8 Å². The van der Waals surface area contributed by atoms with Crippen molar-refractivity contribution in [1.82, 2.24) is 20.4 Å². The lowest BCUT2D eigenvalue weighted by Crippen LogP contribution is -2.61. The molecule has 30 heavy (non-hydrogen) atoms. The van der Waals surface area contributed by atoms with E-state index in [1.54, 1.807) is 9.80 Å². The Morgan fingerprint density at radius 3 is 1.43 bits per heavy atom. The molecule has 3 heterocycles. The maximum absolute atomic E-state index is 13.3. The second kappa shape index (κ2) is 9.35. The molecule has 0 bridgehead atoms. The highest BCUT2D eigenvalue weighted by atomic mass is 16.2. The molecule has 3 fully saturated rings. The van der Waals surface area contributed by atoms with Gasteiger partial charge >= 0.3 is 0 Å². The number of nitrogens with zero attached hydrogens (tertiary/aromatic N) is 2. The Kier molecular flexibility index (Phi) is 7.03. The maximum Gasteiger partial charge on any atom is 0.245 e. The number of carbonyl (C=O) groups excluding carboxylic acids is 4. The van der Waals surface area contributed by atoms with Gasteiger partial charge in [-0.15, -0.1) is 0 Å². The van der Waals surface area contributed by atoms with Crippen LogP contribution in [0.25, 0.3) is 0 Å². The van der Waals surface area contributed by atoms with Crippen LogP contribution in [-0.2, 0) is 19.2 Å². The molecule has 0 aliphatic carbocycles. The van der Waals surface area contributed by atoms with Crippen LogP contribution in [0.4, 0.5) is 0 Å². The van der Waals surface area contributed by atoms with E-state index in [1.807, 2.05) is 27.7 Å². The number of nitrogens with one attached hydrogen (secondary N) is 2. The molecule has 0 spiro atoms. The number of hydrogen-bond donors (Lipinski definition) is 2. The predicted octanol–water partition coefficient (Wildman–Crippen LogP) is 1.04. The third kappa shape index (κ3) is 4.78. The van der Waals surface area contributed by atoms with Crippen LogP contribution in [-0.4, -0.2) is 70.7 Å². The lowest BCUT2D eigenvalue weighted by atomic mass is 9.99. The molecule has 0 aromatic heterocycles. The van der Waals surface area contributed by atoms with Crippen LogP contribution in [0, 0.1) is 11.8 Å². The Balaban J connectivity index is 1.96. The van der Waals surface area contributed by atoms with Gasteiger partial charge in [0.25, 0.3) is 0 Å². The molecule has 0 saturated carbocycles. The van der Waals surface area contributed by atoms with Gasteiger partial charge in [-0.1, -0.05) is 27.7 Å². The monoisotopic (exact) mass is 420 g/mol. The minimum Gasteiger partial charge on any atom is -0.342 e. The zero-order valence-corrected chi connectivity index (χ0v) is 18.6. The first kappa shape index (κ1) is 22.6. The molecule has 4 unspecified atom stereocenters. The molecule has 0 aromatic carbocycles. The largest absolute Gasteiger partial charge is 0.342 e. The first-order valence-electron chi connectivity index (χ1n) is 11.4. The summed E-state index contributed by atoms with van der Waals surface area (Å²) in [6.45, 7) is 9.02. The van der Waals surface area contributed by atoms with Gasteiger partial charge in [0.2, 0.25) is 23.6 Å². The first-order valence-corrected chi connectivity index (χ1v) is 11.4. The lowest BCUT2D eigenvalue weighted by Gasteiger charge is -2.35. The Morgan fingerprint density at radius 2 is 1.10 bits per heavy atom. The number of amides is 4. The second-order valence-electron chi connectivity index (χ2n) is 9.76. The lowest BCUT2D eigenvalue weighted by molar-refractivity contribution is -0.147. The molecule has 8 heteroatoms. The van der Waals surface area contributed by atoms with Crippen LogP contribution in [0.5, 0.6) is 0 Å². The van der Waals surface area contributed by atoms with Crippen LogP contribution >= 0.6 is 0 Å². The minimum atomic E-state index is -0.672. The Hall–Kier alpha value is -2.12. The van der Waals surface area contributed by atoms with Crippen molar-refractivity contribution in [2.45, 2.75) is 90.4 Å². The number of hydrogen-bond acceptors (Lipinski definition) is 4. The van der Waals surface area contributed by atoms with Gasteiger partial charge in [-0.05, 0) is 50.4 Å². The standard InChI is InChI=1S/C22H36N4O4/c1-13(2)11-15-21(29)25-9-5-8-18(25)20(28)24-16(12-14(3)4)22(30)26-10-6-7-17(26)19(27)23-15/h13-18H,5-12H2,1-4H3,(H,23,27)(H,24,28). The first-order chi connectivity index (χ1) is 14.2. The highest BCUT2D eigenvalue weighted by molar-refractivity contribution is 5.98. The fraction of sp³-hybridized carbons (Fsp3) is 0.818. The highest BCUT2D eigenvalue weighted by Gasteiger charge is 2.43. The summed E-state index contributed by atoms with van der Waals surface area (Å²) in [5.41, 5.74) is 0. The topological polar surface area (TPSA) is 98.8 Å². The zero-order valence-electron chi connectivity index (χ0n) is 18.6. The van der Waals surface area contributed by atoms with Gasteiger partial charge in [-0.3, -0.25) is 19.2 Å². The Morgan fingerprint density at radius 1 is 0.733 bits per heavy atom. The molecular weight excluding hydrogens is 384 g/mol. The molecule has 0 radical (unpaired) electrons. The average Bonchev–Trinajstić information content (AvgIpc) is 3.33. The van der Waals surface area contributed by atoms with E-state index >= 15 is 0 Å². The summed E-state index contributed by atoms with van der Waals surface area (Å²) < 4.78 is 0. The number of rotatable bonds is 4. The van der Waals surface area contributed by atoms with E-state index in [-0.39, 0.29) is 35.5 Å². The summed E-state index contributed by atoms with van der Waals surface area (Å²) in [6, 6.07) is -2.51. The van der Waals surface area contributed by atoms with Gasteiger partial charge in [0, 0.05) is 13.1 Å². The molecule has 0 aromatic rings. The van der Waals surface area contributed by atoms with Crippen molar-refractivity contribution in [2.24, 2.45) is 11.8 Å². The molecule has 3 saturated heterocycles. The van der Waals surface area contributed by atoms with Crippen molar-refractivity contribution in [3.63, 3.8) is 0 Å². The van der Waals surface area contributed by atoms with Gasteiger partial charge in [0.1, 0.15) is 24.2 Å². The Labute approximate surface area is 179 Å². The Bertz CT molecular complexity index is 635. The third-order valence-electron chi connectivity index (χ3n) is 6.32. The van der Waals surface area contributed by atoms with Crippen LogP contribution in [0.15, 0.2) is 0 Å². The summed E-state index contributed by atoms with van der Waals surface area (Å²) in [6.07, 6.45) is 3.65. The van der Waals surface area contributed by atoms with E-state index in [1.165, 1.54) is 0 Å². The van der Waals surface area contributed by atoms with E-state index < -0.39 is 24.2 Å². The summed E-state index contributed by atoms with van der Waals surface area (Å²) in [5, 5.41) is 5.87. The quantitative estimate of drug-likeness (QED) is 0.710. The molecule has 3 aliphatic heterocycles. The third-order valence-corrected chi connectivity index (χ3v) is 6.32. The smallest absolute Gasteiger partial charge is 0.245 e. The van der Waals surface area contributed by atoms with Crippen molar-refractivity contribution < 1.29 is 19.2 Å². The minimum absolute atomic E-state index is 0.188. The molecule has 3 rings (SSSR count). The van der Waals surface area contributed by atoms with Gasteiger partial charge in [0.15, 0.2) is 0 Å². The SMILES string of the molecule is CC(C)CC1NC(=O)C2CCCN2C(=O)C(CC(C)C)NC(=O)C2CCCN2C1=O. The molecule has 8 nitrogen and oxygen atoms in total. The van der Waals surface area contributed by atoms with Gasteiger partial charge in [-0.25, -0.2) is 0 Å². The maximum atomic E-state index is 13.3. The van der Waals surface area contributed by atoms with Gasteiger partial charge in [-0.2, -0.15) is 0 Å². The summed E-state index contributed by atoms with van der Waals surface area (Å²) in [5.74, 6) is -0.479. The molecule has 4 amide bonds. The van der Waals surface area contributed by atoms with Crippen molar-refractivity contribution in [3.05, 3.63) is 0 Å². The molecule has 2 N–H and O–H groups in total. The zero-order chi connectivity index (χ0) is 22.0. The van der Waals surface area contributed by atoms with Crippen LogP contribution in [0.2, 0.25) is 0 Å². The van der Waals surface area contributed by atoms with E-state index in [0.29, 0.717) is 38.8 Å². The van der Waals surface area contributed by atoms with Gasteiger partial charge in [0.05, 0.1) is 0 Å². The fourth-order valence-electron chi connectivity index (χ4n) is 4.93. The average molecular weight is 421 g/mol. The summed E-state index contributed by atoms with van der Waals surface area (Å²) in [7, 11) is 0. The number of carbonyl (C=O) groups is 4. The normalized spacial score (nSPS) is 30.7. The van der Waals surface area contributed by atoms with E-state index in [4.69, 9.17) is 0 Å². The second-order valence-corrected chi connectivity index (χ2v) is 9.76. The molecule has 168 valence electrons. The summed E-state index contributed by atoms with van der Waals surface area (Å²) in [4.78, 5) is 56.1. The highest BCUT2D eigenvalue weighted by Crippen LogP contribution is 2.25.